The van der Waals surface area contributed by atoms with Gasteiger partial charge in [0.1, 0.15) is 0 Å². The fraction of sp³-hybridized carbons (Fsp3) is 0.263. The Bertz CT molecular complexity index is 724. The summed E-state index contributed by atoms with van der Waals surface area (Å²) >= 11 is 0. The van der Waals surface area contributed by atoms with Gasteiger partial charge in [-0.15, -0.1) is 0 Å². The number of benzene rings is 2. The molecule has 1 heteroatoms. The molecule has 1 atom stereocenters. The molecule has 0 radical (unpaired) electrons. The summed E-state index contributed by atoms with van der Waals surface area (Å²) in [5, 5.41) is 1.32. The van der Waals surface area contributed by atoms with Gasteiger partial charge < -0.3 is 4.57 Å². The molecule has 1 unspecified atom stereocenters. The second-order valence-corrected chi connectivity index (χ2v) is 5.70. The van der Waals surface area contributed by atoms with Crippen molar-refractivity contribution in [3.63, 3.8) is 0 Å². The summed E-state index contributed by atoms with van der Waals surface area (Å²) in [6.07, 6.45) is 1.08. The Balaban J connectivity index is 2.24. The molecule has 0 saturated heterocycles. The van der Waals surface area contributed by atoms with Gasteiger partial charge in [0.05, 0.1) is 0 Å². The molecule has 3 rings (SSSR count). The quantitative estimate of drug-likeness (QED) is 0.633. The van der Waals surface area contributed by atoms with Crippen molar-refractivity contribution in [1.82, 2.24) is 4.57 Å². The molecule has 3 aromatic rings. The van der Waals surface area contributed by atoms with Gasteiger partial charge in [-0.25, -0.2) is 0 Å². The van der Waals surface area contributed by atoms with E-state index >= 15 is 0 Å². The predicted octanol–water partition coefficient (Wildman–Crippen LogP) is 4.89. The maximum atomic E-state index is 2.34. The van der Waals surface area contributed by atoms with Crippen molar-refractivity contribution in [3.8, 4) is 0 Å². The van der Waals surface area contributed by atoms with Crippen LogP contribution < -0.4 is 0 Å². The number of nitrogens with zero attached hydrogens (tertiary/aromatic N) is 1. The van der Waals surface area contributed by atoms with Crippen molar-refractivity contribution < 1.29 is 0 Å². The first-order chi connectivity index (χ1) is 9.66. The summed E-state index contributed by atoms with van der Waals surface area (Å²) in [6.45, 7) is 4.61. The van der Waals surface area contributed by atoms with Gasteiger partial charge in [-0.2, -0.15) is 0 Å². The molecule has 0 N–H and O–H groups in total. The van der Waals surface area contributed by atoms with Gasteiger partial charge in [-0.1, -0.05) is 55.5 Å². The molecule has 2 aromatic carbocycles. The monoisotopic (exact) mass is 263 g/mol. The van der Waals surface area contributed by atoms with E-state index in [2.05, 4.69) is 86.1 Å². The van der Waals surface area contributed by atoms with Crippen molar-refractivity contribution in [2.75, 3.05) is 0 Å². The molecule has 0 bridgehead atoms. The van der Waals surface area contributed by atoms with Crippen LogP contribution in [0.3, 0.4) is 0 Å². The molecular weight excluding hydrogens is 242 g/mol. The fourth-order valence-corrected chi connectivity index (χ4v) is 3.16. The van der Waals surface area contributed by atoms with Crippen LogP contribution in [0, 0.1) is 0 Å². The first-order valence-corrected chi connectivity index (χ1v) is 7.27. The molecule has 0 aliphatic rings. The van der Waals surface area contributed by atoms with Gasteiger partial charge in [0.25, 0.3) is 0 Å². The zero-order valence-electron chi connectivity index (χ0n) is 12.4. The maximum Gasteiger partial charge on any atom is 0.0480 e. The summed E-state index contributed by atoms with van der Waals surface area (Å²) < 4.78 is 2.34. The highest BCUT2D eigenvalue weighted by Crippen LogP contribution is 2.37. The molecule has 1 heterocycles. The molecule has 0 amide bonds. The Morgan fingerprint density at radius 1 is 0.950 bits per heavy atom. The molecule has 102 valence electrons. The van der Waals surface area contributed by atoms with Gasteiger partial charge >= 0.3 is 0 Å². The lowest BCUT2D eigenvalue weighted by Crippen LogP contribution is -2.25. The lowest BCUT2D eigenvalue weighted by Gasteiger charge is -2.30. The van der Waals surface area contributed by atoms with E-state index in [1.807, 2.05) is 0 Å². The van der Waals surface area contributed by atoms with E-state index in [4.69, 9.17) is 0 Å². The molecule has 0 aliphatic carbocycles. The second-order valence-electron chi connectivity index (χ2n) is 5.70. The van der Waals surface area contributed by atoms with Gasteiger partial charge in [0.2, 0.25) is 0 Å². The minimum atomic E-state index is 0.0506. The van der Waals surface area contributed by atoms with Crippen molar-refractivity contribution >= 4 is 10.9 Å². The predicted molar refractivity (Wildman–Crippen MR) is 86.1 cm³/mol. The highest BCUT2D eigenvalue weighted by atomic mass is 15.0. The smallest absolute Gasteiger partial charge is 0.0480 e. The van der Waals surface area contributed by atoms with E-state index < -0.39 is 0 Å². The fourth-order valence-electron chi connectivity index (χ4n) is 3.16. The average Bonchev–Trinajstić information content (AvgIpc) is 2.85. The Hall–Kier alpha value is -2.02. The zero-order chi connectivity index (χ0) is 14.2. The average molecular weight is 263 g/mol. The normalized spacial score (nSPS) is 14.3. The van der Waals surface area contributed by atoms with Crippen LogP contribution in [0.15, 0.2) is 60.7 Å². The summed E-state index contributed by atoms with van der Waals surface area (Å²) in [4.78, 5) is 0. The number of fused-ring (bicyclic) bond motifs is 1. The third-order valence-corrected chi connectivity index (χ3v) is 4.64. The minimum absolute atomic E-state index is 0.0506. The Kier molecular flexibility index (Phi) is 3.13. The van der Waals surface area contributed by atoms with E-state index in [1.165, 1.54) is 22.2 Å². The Labute approximate surface area is 120 Å². The van der Waals surface area contributed by atoms with Crippen molar-refractivity contribution in [3.05, 3.63) is 71.9 Å². The molecule has 1 nitrogen and oxygen atoms in total. The lowest BCUT2D eigenvalue weighted by atomic mass is 9.77. The molecule has 20 heavy (non-hydrogen) atoms. The highest BCUT2D eigenvalue weighted by molar-refractivity contribution is 5.81. The molecule has 0 aliphatic heterocycles. The van der Waals surface area contributed by atoms with Crippen LogP contribution in [0.2, 0.25) is 0 Å². The largest absolute Gasteiger partial charge is 0.347 e. The first-order valence-electron chi connectivity index (χ1n) is 7.27. The third kappa shape index (κ3) is 1.85. The van der Waals surface area contributed by atoms with Crippen LogP contribution in [0.25, 0.3) is 10.9 Å². The SMILES string of the molecule is CCC(C)(c1ccccc1)c1cc2ccccc2n1C. The molecule has 0 fully saturated rings. The topological polar surface area (TPSA) is 4.93 Å². The van der Waals surface area contributed by atoms with Crippen LogP contribution in [0.5, 0.6) is 0 Å². The first kappa shape index (κ1) is 13.0. The summed E-state index contributed by atoms with van der Waals surface area (Å²) in [7, 11) is 2.18. The molecular formula is C19H21N. The number of para-hydroxylation sites is 1. The lowest BCUT2D eigenvalue weighted by molar-refractivity contribution is 0.515. The van der Waals surface area contributed by atoms with Gasteiger partial charge in [-0.05, 0) is 36.4 Å². The van der Waals surface area contributed by atoms with Crippen LogP contribution in [0.1, 0.15) is 31.5 Å². The van der Waals surface area contributed by atoms with E-state index in [-0.39, 0.29) is 5.41 Å². The van der Waals surface area contributed by atoms with Crippen molar-refractivity contribution in [2.45, 2.75) is 25.7 Å². The van der Waals surface area contributed by atoms with Crippen LogP contribution in [-0.2, 0) is 12.5 Å². The Morgan fingerprint density at radius 3 is 2.25 bits per heavy atom. The van der Waals surface area contributed by atoms with E-state index in [1.54, 1.807) is 0 Å². The second kappa shape index (κ2) is 4.82. The number of aryl methyl sites for hydroxylation is 1. The molecule has 0 spiro atoms. The van der Waals surface area contributed by atoms with Crippen molar-refractivity contribution in [1.29, 1.82) is 0 Å². The van der Waals surface area contributed by atoms with Gasteiger partial charge in [-0.3, -0.25) is 0 Å². The maximum absolute atomic E-state index is 2.34. The number of aromatic nitrogens is 1. The van der Waals surface area contributed by atoms with E-state index in [0.29, 0.717) is 0 Å². The van der Waals surface area contributed by atoms with Gasteiger partial charge in [0.15, 0.2) is 0 Å². The zero-order valence-corrected chi connectivity index (χ0v) is 12.4. The number of hydrogen-bond donors (Lipinski definition) is 0. The van der Waals surface area contributed by atoms with Gasteiger partial charge in [0, 0.05) is 23.7 Å². The summed E-state index contributed by atoms with van der Waals surface area (Å²) in [5.41, 5.74) is 4.12. The summed E-state index contributed by atoms with van der Waals surface area (Å²) in [6, 6.07) is 21.8. The van der Waals surface area contributed by atoms with Crippen molar-refractivity contribution in [2.24, 2.45) is 7.05 Å². The summed E-state index contributed by atoms with van der Waals surface area (Å²) in [5.74, 6) is 0. The minimum Gasteiger partial charge on any atom is -0.347 e. The number of hydrogen-bond acceptors (Lipinski definition) is 0. The molecule has 1 aromatic heterocycles. The van der Waals surface area contributed by atoms with E-state index in [9.17, 15) is 0 Å². The standard InChI is InChI=1S/C19H21N/c1-4-19(2,16-11-6-5-7-12-16)18-14-15-10-8-9-13-17(15)20(18)3/h5-14H,4H2,1-3H3. The Morgan fingerprint density at radius 2 is 1.60 bits per heavy atom. The highest BCUT2D eigenvalue weighted by Gasteiger charge is 2.29. The van der Waals surface area contributed by atoms with Crippen LogP contribution >= 0.6 is 0 Å². The van der Waals surface area contributed by atoms with Crippen LogP contribution in [0.4, 0.5) is 0 Å². The van der Waals surface area contributed by atoms with E-state index in [0.717, 1.165) is 6.42 Å². The molecule has 0 saturated carbocycles. The number of rotatable bonds is 3. The third-order valence-electron chi connectivity index (χ3n) is 4.64. The van der Waals surface area contributed by atoms with Crippen LogP contribution in [-0.4, -0.2) is 4.57 Å².